The number of nitrogens with one attached hydrogen (secondary N) is 2. The molecular weight excluding hydrogens is 322 g/mol. The van der Waals surface area contributed by atoms with Gasteiger partial charge in [-0.2, -0.15) is 0 Å². The Morgan fingerprint density at radius 2 is 1.78 bits per heavy atom. The van der Waals surface area contributed by atoms with E-state index >= 15 is 0 Å². The van der Waals surface area contributed by atoms with Crippen molar-refractivity contribution in [3.8, 4) is 0 Å². The SMILES string of the molecule is Cl.O=C(Cc1ccc(F)cc1F)NCCNC1CCCCCC1. The lowest BCUT2D eigenvalue weighted by Crippen LogP contribution is -2.37. The van der Waals surface area contributed by atoms with Crippen molar-refractivity contribution >= 4 is 18.3 Å². The summed E-state index contributed by atoms with van der Waals surface area (Å²) >= 11 is 0. The maximum absolute atomic E-state index is 13.4. The molecule has 3 nitrogen and oxygen atoms in total. The third-order valence-electron chi connectivity index (χ3n) is 4.10. The summed E-state index contributed by atoms with van der Waals surface area (Å²) in [5.74, 6) is -1.55. The number of hydrogen-bond donors (Lipinski definition) is 2. The highest BCUT2D eigenvalue weighted by molar-refractivity contribution is 5.85. The van der Waals surface area contributed by atoms with E-state index in [4.69, 9.17) is 0 Å². The molecule has 1 aliphatic carbocycles. The van der Waals surface area contributed by atoms with E-state index in [1.165, 1.54) is 50.7 Å². The van der Waals surface area contributed by atoms with Crippen LogP contribution in [0.25, 0.3) is 0 Å². The molecule has 1 aromatic rings. The van der Waals surface area contributed by atoms with E-state index in [0.29, 0.717) is 12.6 Å². The number of halogens is 3. The molecule has 0 unspecified atom stereocenters. The van der Waals surface area contributed by atoms with Gasteiger partial charge >= 0.3 is 0 Å². The molecule has 2 rings (SSSR count). The Morgan fingerprint density at radius 1 is 1.09 bits per heavy atom. The van der Waals surface area contributed by atoms with E-state index in [9.17, 15) is 13.6 Å². The summed E-state index contributed by atoms with van der Waals surface area (Å²) in [6, 6.07) is 3.83. The van der Waals surface area contributed by atoms with Gasteiger partial charge in [-0.3, -0.25) is 4.79 Å². The quantitative estimate of drug-likeness (QED) is 0.612. The first-order chi connectivity index (χ1) is 10.6. The van der Waals surface area contributed by atoms with Crippen LogP contribution in [0, 0.1) is 11.6 Å². The van der Waals surface area contributed by atoms with Crippen LogP contribution in [0.1, 0.15) is 44.1 Å². The number of hydrogen-bond acceptors (Lipinski definition) is 2. The van der Waals surface area contributed by atoms with Gasteiger partial charge in [-0.1, -0.05) is 31.7 Å². The van der Waals surface area contributed by atoms with Crippen molar-refractivity contribution < 1.29 is 13.6 Å². The van der Waals surface area contributed by atoms with Crippen LogP contribution in [0.3, 0.4) is 0 Å². The largest absolute Gasteiger partial charge is 0.355 e. The molecule has 1 aromatic carbocycles. The van der Waals surface area contributed by atoms with Crippen LogP contribution in [-0.4, -0.2) is 25.0 Å². The second kappa shape index (κ2) is 10.6. The second-order valence-electron chi connectivity index (χ2n) is 5.91. The zero-order chi connectivity index (χ0) is 15.8. The molecule has 1 aliphatic rings. The first-order valence-corrected chi connectivity index (χ1v) is 8.09. The molecular formula is C17H25ClF2N2O. The molecule has 0 heterocycles. The lowest BCUT2D eigenvalue weighted by Gasteiger charge is -2.16. The van der Waals surface area contributed by atoms with Gasteiger partial charge in [0, 0.05) is 25.2 Å². The smallest absolute Gasteiger partial charge is 0.224 e. The standard InChI is InChI=1S/C17H24F2N2O.ClH/c18-14-8-7-13(16(19)12-14)11-17(22)21-10-9-20-15-5-3-1-2-4-6-15;/h7-8,12,15,20H,1-6,9-11H2,(H,21,22);1H. The van der Waals surface area contributed by atoms with E-state index in [1.807, 2.05) is 0 Å². The summed E-state index contributed by atoms with van der Waals surface area (Å²) in [6.45, 7) is 1.25. The minimum absolute atomic E-state index is 0. The third kappa shape index (κ3) is 7.27. The summed E-state index contributed by atoms with van der Waals surface area (Å²) in [5, 5.41) is 6.23. The molecule has 1 saturated carbocycles. The summed E-state index contributed by atoms with van der Waals surface area (Å²) in [7, 11) is 0. The number of benzene rings is 1. The zero-order valence-electron chi connectivity index (χ0n) is 13.2. The van der Waals surface area contributed by atoms with Crippen molar-refractivity contribution in [1.82, 2.24) is 10.6 Å². The van der Waals surface area contributed by atoms with Crippen LogP contribution in [0.5, 0.6) is 0 Å². The summed E-state index contributed by atoms with van der Waals surface area (Å²) < 4.78 is 26.2. The molecule has 0 bridgehead atoms. The van der Waals surface area contributed by atoms with Gasteiger partial charge in [0.15, 0.2) is 0 Å². The Bertz CT molecular complexity index is 491. The van der Waals surface area contributed by atoms with Gasteiger partial charge in [0.2, 0.25) is 5.91 Å². The van der Waals surface area contributed by atoms with Gasteiger partial charge in [-0.05, 0) is 24.5 Å². The van der Waals surface area contributed by atoms with Crippen LogP contribution in [0.15, 0.2) is 18.2 Å². The zero-order valence-corrected chi connectivity index (χ0v) is 14.1. The second-order valence-corrected chi connectivity index (χ2v) is 5.91. The highest BCUT2D eigenvalue weighted by Crippen LogP contribution is 2.16. The van der Waals surface area contributed by atoms with E-state index in [-0.39, 0.29) is 30.3 Å². The lowest BCUT2D eigenvalue weighted by atomic mass is 10.1. The van der Waals surface area contributed by atoms with Gasteiger partial charge in [0.05, 0.1) is 6.42 Å². The van der Waals surface area contributed by atoms with Crippen molar-refractivity contribution in [3.63, 3.8) is 0 Å². The highest BCUT2D eigenvalue weighted by atomic mass is 35.5. The summed E-state index contributed by atoms with van der Waals surface area (Å²) in [5.41, 5.74) is 0.218. The molecule has 1 amide bonds. The molecule has 0 spiro atoms. The van der Waals surface area contributed by atoms with E-state index < -0.39 is 11.6 Å². The van der Waals surface area contributed by atoms with Crippen molar-refractivity contribution in [1.29, 1.82) is 0 Å². The fourth-order valence-electron chi connectivity index (χ4n) is 2.86. The highest BCUT2D eigenvalue weighted by Gasteiger charge is 2.12. The molecule has 6 heteroatoms. The summed E-state index contributed by atoms with van der Waals surface area (Å²) in [4.78, 5) is 11.8. The molecule has 1 fully saturated rings. The number of carbonyl (C=O) groups is 1. The fourth-order valence-corrected chi connectivity index (χ4v) is 2.86. The Balaban J connectivity index is 0.00000264. The Hall–Kier alpha value is -1.20. The molecule has 0 saturated heterocycles. The van der Waals surface area contributed by atoms with Crippen LogP contribution in [0.2, 0.25) is 0 Å². The molecule has 0 atom stereocenters. The normalized spacial score (nSPS) is 15.6. The minimum Gasteiger partial charge on any atom is -0.355 e. The predicted octanol–water partition coefficient (Wildman–Crippen LogP) is 3.36. The summed E-state index contributed by atoms with van der Waals surface area (Å²) in [6.07, 6.45) is 7.52. The van der Waals surface area contributed by atoms with Gasteiger partial charge in [-0.25, -0.2) is 8.78 Å². The predicted molar refractivity (Wildman–Crippen MR) is 89.8 cm³/mol. The Morgan fingerprint density at radius 3 is 2.43 bits per heavy atom. The van der Waals surface area contributed by atoms with Crippen LogP contribution >= 0.6 is 12.4 Å². The van der Waals surface area contributed by atoms with Crippen LogP contribution in [0.4, 0.5) is 8.78 Å². The topological polar surface area (TPSA) is 41.1 Å². The van der Waals surface area contributed by atoms with Crippen LogP contribution < -0.4 is 10.6 Å². The molecule has 0 aliphatic heterocycles. The van der Waals surface area contributed by atoms with Crippen LogP contribution in [-0.2, 0) is 11.2 Å². The first-order valence-electron chi connectivity index (χ1n) is 8.09. The first kappa shape index (κ1) is 19.8. The molecule has 2 N–H and O–H groups in total. The van der Waals surface area contributed by atoms with Gasteiger partial charge in [0.25, 0.3) is 0 Å². The van der Waals surface area contributed by atoms with E-state index in [0.717, 1.165) is 12.6 Å². The van der Waals surface area contributed by atoms with Crippen molar-refractivity contribution in [2.75, 3.05) is 13.1 Å². The number of carbonyl (C=O) groups excluding carboxylic acids is 1. The number of rotatable bonds is 6. The van der Waals surface area contributed by atoms with Gasteiger partial charge in [-0.15, -0.1) is 12.4 Å². The monoisotopic (exact) mass is 346 g/mol. The van der Waals surface area contributed by atoms with Crippen molar-refractivity contribution in [2.45, 2.75) is 51.0 Å². The molecule has 0 aromatic heterocycles. The van der Waals surface area contributed by atoms with Crippen molar-refractivity contribution in [2.24, 2.45) is 0 Å². The Kier molecular flexibility index (Phi) is 9.10. The fraction of sp³-hybridized carbons (Fsp3) is 0.588. The van der Waals surface area contributed by atoms with E-state index in [2.05, 4.69) is 10.6 Å². The maximum atomic E-state index is 13.4. The number of amides is 1. The third-order valence-corrected chi connectivity index (χ3v) is 4.10. The molecule has 130 valence electrons. The average Bonchev–Trinajstić information content (AvgIpc) is 2.75. The maximum Gasteiger partial charge on any atom is 0.224 e. The average molecular weight is 347 g/mol. The molecule has 23 heavy (non-hydrogen) atoms. The van der Waals surface area contributed by atoms with Gasteiger partial charge < -0.3 is 10.6 Å². The van der Waals surface area contributed by atoms with Crippen molar-refractivity contribution in [3.05, 3.63) is 35.4 Å². The lowest BCUT2D eigenvalue weighted by molar-refractivity contribution is -0.120. The van der Waals surface area contributed by atoms with Gasteiger partial charge in [0.1, 0.15) is 11.6 Å². The minimum atomic E-state index is -0.674. The van der Waals surface area contributed by atoms with E-state index in [1.54, 1.807) is 0 Å². The molecule has 0 radical (unpaired) electrons. The Labute approximate surface area is 142 Å².